The van der Waals surface area contributed by atoms with Crippen LogP contribution >= 0.6 is 0 Å². The first-order chi connectivity index (χ1) is 16.4. The van der Waals surface area contributed by atoms with E-state index in [0.717, 1.165) is 59.5 Å². The zero-order valence-electron chi connectivity index (χ0n) is 20.9. The summed E-state index contributed by atoms with van der Waals surface area (Å²) in [6, 6.07) is 12.8. The van der Waals surface area contributed by atoms with E-state index in [1.807, 2.05) is 19.9 Å². The number of carbonyl (C=O) groups excluding carboxylic acids is 1. The number of methoxy groups -OCH3 is 1. The van der Waals surface area contributed by atoms with Crippen LogP contribution in [0.15, 0.2) is 36.4 Å². The Morgan fingerprint density at radius 2 is 1.88 bits per heavy atom. The second-order valence-electron chi connectivity index (χ2n) is 9.31. The number of hydrogen-bond donors (Lipinski definition) is 1. The summed E-state index contributed by atoms with van der Waals surface area (Å²) >= 11 is 0. The third kappa shape index (κ3) is 5.16. The molecule has 1 heterocycles. The highest BCUT2D eigenvalue weighted by molar-refractivity contribution is 5.91. The van der Waals surface area contributed by atoms with Gasteiger partial charge in [0.25, 0.3) is 0 Å². The third-order valence-corrected chi connectivity index (χ3v) is 6.84. The van der Waals surface area contributed by atoms with E-state index in [1.165, 1.54) is 11.1 Å². The lowest BCUT2D eigenvalue weighted by atomic mass is 9.78. The zero-order chi connectivity index (χ0) is 24.2. The second kappa shape index (κ2) is 10.4. The molecule has 1 aromatic heterocycles. The smallest absolute Gasteiger partial charge is 0.308 e. The molecule has 0 bridgehead atoms. The summed E-state index contributed by atoms with van der Waals surface area (Å²) in [5, 5.41) is 4.61. The Labute approximate surface area is 202 Å². The van der Waals surface area contributed by atoms with Crippen LogP contribution in [0.4, 0.5) is 5.82 Å². The molecule has 0 amide bonds. The SMILES string of the molecule is CCOC(=O)C1CCC(c2cc3c(N[C@@H](C)c4cccc(C)c4)nc(C)nc3cc2OC)CC1. The monoisotopic (exact) mass is 461 g/mol. The van der Waals surface area contributed by atoms with Crippen LogP contribution in [0.25, 0.3) is 10.9 Å². The molecule has 0 aliphatic heterocycles. The summed E-state index contributed by atoms with van der Waals surface area (Å²) in [7, 11) is 1.71. The Hall–Kier alpha value is -3.15. The first-order valence-corrected chi connectivity index (χ1v) is 12.3. The predicted molar refractivity (Wildman–Crippen MR) is 135 cm³/mol. The van der Waals surface area contributed by atoms with Crippen molar-refractivity contribution in [3.8, 4) is 5.75 Å². The lowest BCUT2D eigenvalue weighted by Crippen LogP contribution is -2.23. The maximum atomic E-state index is 12.2. The van der Waals surface area contributed by atoms with Gasteiger partial charge >= 0.3 is 5.97 Å². The van der Waals surface area contributed by atoms with Gasteiger partial charge in [0, 0.05) is 17.5 Å². The molecule has 3 aromatic rings. The molecule has 0 saturated heterocycles. The summed E-state index contributed by atoms with van der Waals surface area (Å²) in [6.07, 6.45) is 3.54. The summed E-state index contributed by atoms with van der Waals surface area (Å²) in [5.41, 5.74) is 4.49. The number of rotatable bonds is 7. The van der Waals surface area contributed by atoms with Crippen LogP contribution in [-0.2, 0) is 9.53 Å². The average Bonchev–Trinajstić information content (AvgIpc) is 2.83. The van der Waals surface area contributed by atoms with Crippen LogP contribution in [0, 0.1) is 19.8 Å². The maximum Gasteiger partial charge on any atom is 0.308 e. The average molecular weight is 462 g/mol. The molecule has 1 atom stereocenters. The first-order valence-electron chi connectivity index (χ1n) is 12.3. The number of esters is 1. The first kappa shape index (κ1) is 24.0. The van der Waals surface area contributed by atoms with Crippen molar-refractivity contribution in [2.45, 2.75) is 65.3 Å². The number of aromatic nitrogens is 2. The number of ether oxygens (including phenoxy) is 2. The number of nitrogens with zero attached hydrogens (tertiary/aromatic N) is 2. The molecule has 34 heavy (non-hydrogen) atoms. The van der Waals surface area contributed by atoms with Crippen molar-refractivity contribution in [3.63, 3.8) is 0 Å². The lowest BCUT2D eigenvalue weighted by molar-refractivity contribution is -0.149. The van der Waals surface area contributed by atoms with Gasteiger partial charge in [-0.05, 0) is 76.5 Å². The molecule has 0 spiro atoms. The van der Waals surface area contributed by atoms with Gasteiger partial charge in [-0.2, -0.15) is 0 Å². The van der Waals surface area contributed by atoms with Gasteiger partial charge < -0.3 is 14.8 Å². The molecule has 2 aromatic carbocycles. The fourth-order valence-electron chi connectivity index (χ4n) is 5.02. The Morgan fingerprint density at radius 3 is 2.56 bits per heavy atom. The molecule has 1 fully saturated rings. The molecule has 1 aliphatic rings. The van der Waals surface area contributed by atoms with Gasteiger partial charge in [-0.25, -0.2) is 9.97 Å². The van der Waals surface area contributed by atoms with E-state index in [1.54, 1.807) is 7.11 Å². The summed E-state index contributed by atoms with van der Waals surface area (Å²) in [5.74, 6) is 2.67. The second-order valence-corrected chi connectivity index (χ2v) is 9.31. The van der Waals surface area contributed by atoms with Gasteiger partial charge in [-0.1, -0.05) is 29.8 Å². The predicted octanol–water partition coefficient (Wildman–Crippen LogP) is 6.27. The van der Waals surface area contributed by atoms with Gasteiger partial charge in [-0.3, -0.25) is 4.79 Å². The molecule has 0 unspecified atom stereocenters. The van der Waals surface area contributed by atoms with Gasteiger partial charge in [0.2, 0.25) is 0 Å². The number of carbonyl (C=O) groups is 1. The minimum Gasteiger partial charge on any atom is -0.496 e. The molecule has 0 radical (unpaired) electrons. The minimum absolute atomic E-state index is 0.000963. The molecular weight excluding hydrogens is 426 g/mol. The number of fused-ring (bicyclic) bond motifs is 1. The van der Waals surface area contributed by atoms with Crippen LogP contribution in [0.1, 0.15) is 74.0 Å². The third-order valence-electron chi connectivity index (χ3n) is 6.84. The van der Waals surface area contributed by atoms with Crippen molar-refractivity contribution in [1.82, 2.24) is 9.97 Å². The van der Waals surface area contributed by atoms with Crippen molar-refractivity contribution in [2.24, 2.45) is 5.92 Å². The molecule has 180 valence electrons. The van der Waals surface area contributed by atoms with Gasteiger partial charge in [-0.15, -0.1) is 0 Å². The van der Waals surface area contributed by atoms with Crippen molar-refractivity contribution in [3.05, 3.63) is 58.9 Å². The number of anilines is 1. The fraction of sp³-hybridized carbons (Fsp3) is 0.464. The van der Waals surface area contributed by atoms with Crippen LogP contribution in [0.2, 0.25) is 0 Å². The van der Waals surface area contributed by atoms with E-state index < -0.39 is 0 Å². The molecular formula is C28H35N3O3. The molecule has 1 aliphatic carbocycles. The number of nitrogens with one attached hydrogen (secondary N) is 1. The summed E-state index contributed by atoms with van der Waals surface area (Å²) < 4.78 is 11.0. The fourth-order valence-corrected chi connectivity index (χ4v) is 5.02. The van der Waals surface area contributed by atoms with E-state index in [-0.39, 0.29) is 17.9 Å². The normalized spacial score (nSPS) is 19.0. The van der Waals surface area contributed by atoms with Crippen LogP contribution < -0.4 is 10.1 Å². The van der Waals surface area contributed by atoms with Gasteiger partial charge in [0.1, 0.15) is 17.4 Å². The Bertz CT molecular complexity index is 1170. The summed E-state index contributed by atoms with van der Waals surface area (Å²) in [6.45, 7) is 8.47. The van der Waals surface area contributed by atoms with E-state index in [2.05, 4.69) is 54.5 Å². The minimum atomic E-state index is -0.0630. The van der Waals surface area contributed by atoms with Gasteiger partial charge in [0.05, 0.1) is 25.2 Å². The highest BCUT2D eigenvalue weighted by Crippen LogP contribution is 2.42. The van der Waals surface area contributed by atoms with Crippen molar-refractivity contribution >= 4 is 22.7 Å². The van der Waals surface area contributed by atoms with Gasteiger partial charge in [0.15, 0.2) is 0 Å². The van der Waals surface area contributed by atoms with Crippen LogP contribution in [-0.4, -0.2) is 29.7 Å². The van der Waals surface area contributed by atoms with E-state index >= 15 is 0 Å². The Morgan fingerprint density at radius 1 is 1.12 bits per heavy atom. The number of benzene rings is 2. The molecule has 6 heteroatoms. The number of hydrogen-bond acceptors (Lipinski definition) is 6. The Balaban J connectivity index is 1.65. The van der Waals surface area contributed by atoms with E-state index in [4.69, 9.17) is 14.5 Å². The molecule has 1 N–H and O–H groups in total. The highest BCUT2D eigenvalue weighted by Gasteiger charge is 2.30. The molecule has 4 rings (SSSR count). The molecule has 6 nitrogen and oxygen atoms in total. The maximum absolute atomic E-state index is 12.2. The Kier molecular flexibility index (Phi) is 7.35. The number of aryl methyl sites for hydroxylation is 2. The van der Waals surface area contributed by atoms with Crippen LogP contribution in [0.5, 0.6) is 5.75 Å². The lowest BCUT2D eigenvalue weighted by Gasteiger charge is -2.29. The van der Waals surface area contributed by atoms with Crippen LogP contribution in [0.3, 0.4) is 0 Å². The van der Waals surface area contributed by atoms with Crippen molar-refractivity contribution in [2.75, 3.05) is 19.0 Å². The van der Waals surface area contributed by atoms with Crippen molar-refractivity contribution < 1.29 is 14.3 Å². The zero-order valence-corrected chi connectivity index (χ0v) is 20.9. The molecule has 1 saturated carbocycles. The standard InChI is InChI=1S/C28H35N3O3/c1-6-34-28(32)21-12-10-20(11-13-21)23-15-24-25(16-26(23)33-5)30-19(4)31-27(24)29-18(3)22-9-7-8-17(2)14-22/h7-9,14-16,18,20-21H,6,10-13H2,1-5H3,(H,29,30,31)/t18-,20?,21?/m0/s1. The van der Waals surface area contributed by atoms with E-state index in [0.29, 0.717) is 12.5 Å². The largest absolute Gasteiger partial charge is 0.496 e. The topological polar surface area (TPSA) is 73.3 Å². The van der Waals surface area contributed by atoms with Crippen molar-refractivity contribution in [1.29, 1.82) is 0 Å². The summed E-state index contributed by atoms with van der Waals surface area (Å²) in [4.78, 5) is 21.6. The van der Waals surface area contributed by atoms with E-state index in [9.17, 15) is 4.79 Å². The highest BCUT2D eigenvalue weighted by atomic mass is 16.5. The quantitative estimate of drug-likeness (QED) is 0.418.